The number of nitro benzene ring substituents is 1. The van der Waals surface area contributed by atoms with Crippen LogP contribution in [-0.4, -0.2) is 30.1 Å². The molecule has 1 saturated heterocycles. The number of carbonyl (C=O) groups is 1. The second-order valence-electron chi connectivity index (χ2n) is 4.86. The van der Waals surface area contributed by atoms with E-state index in [9.17, 15) is 14.9 Å². The van der Waals surface area contributed by atoms with Gasteiger partial charge in [-0.1, -0.05) is 0 Å². The van der Waals surface area contributed by atoms with E-state index in [2.05, 4.69) is 5.32 Å². The quantitative estimate of drug-likeness (QED) is 0.491. The number of hydrogen-bond acceptors (Lipinski definition) is 5. The summed E-state index contributed by atoms with van der Waals surface area (Å²) in [5, 5.41) is 13.5. The molecule has 7 nitrogen and oxygen atoms in total. The van der Waals surface area contributed by atoms with Gasteiger partial charge >= 0.3 is 0 Å². The summed E-state index contributed by atoms with van der Waals surface area (Å²) < 4.78 is 5.41. The maximum atomic E-state index is 12.0. The first-order valence-electron chi connectivity index (χ1n) is 6.42. The van der Waals surface area contributed by atoms with Crippen LogP contribution in [0.2, 0.25) is 0 Å². The van der Waals surface area contributed by atoms with Crippen molar-refractivity contribution in [2.75, 3.05) is 18.9 Å². The van der Waals surface area contributed by atoms with Gasteiger partial charge in [0.1, 0.15) is 0 Å². The van der Waals surface area contributed by atoms with Crippen LogP contribution < -0.4 is 11.1 Å². The number of nitrogens with zero attached hydrogens (tertiary/aromatic N) is 1. The highest BCUT2D eigenvalue weighted by atomic mass is 16.6. The Morgan fingerprint density at radius 3 is 2.95 bits per heavy atom. The molecule has 2 unspecified atom stereocenters. The Balaban J connectivity index is 2.05. The topological polar surface area (TPSA) is 107 Å². The van der Waals surface area contributed by atoms with Gasteiger partial charge < -0.3 is 15.8 Å². The van der Waals surface area contributed by atoms with E-state index in [4.69, 9.17) is 10.5 Å². The molecule has 0 aliphatic carbocycles. The molecule has 1 amide bonds. The first kappa shape index (κ1) is 14.3. The molecular formula is C13H17N3O4. The van der Waals surface area contributed by atoms with Gasteiger partial charge in [-0.2, -0.15) is 0 Å². The molecule has 1 aromatic rings. The molecule has 1 fully saturated rings. The monoisotopic (exact) mass is 279 g/mol. The van der Waals surface area contributed by atoms with Gasteiger partial charge in [-0.05, 0) is 19.4 Å². The largest absolute Gasteiger partial charge is 0.398 e. The van der Waals surface area contributed by atoms with E-state index in [1.165, 1.54) is 18.2 Å². The number of ether oxygens (including phenoxy) is 1. The van der Waals surface area contributed by atoms with Crippen LogP contribution in [0, 0.1) is 16.0 Å². The number of rotatable bonds is 4. The Kier molecular flexibility index (Phi) is 4.19. The van der Waals surface area contributed by atoms with Gasteiger partial charge in [-0.25, -0.2) is 0 Å². The molecule has 2 atom stereocenters. The predicted octanol–water partition coefficient (Wildman–Crippen LogP) is 1.33. The van der Waals surface area contributed by atoms with Crippen LogP contribution in [0.4, 0.5) is 11.4 Å². The first-order chi connectivity index (χ1) is 9.49. The van der Waals surface area contributed by atoms with Crippen molar-refractivity contribution in [2.24, 2.45) is 5.92 Å². The molecule has 7 heteroatoms. The van der Waals surface area contributed by atoms with Crippen molar-refractivity contribution >= 4 is 17.3 Å². The summed E-state index contributed by atoms with van der Waals surface area (Å²) in [6, 6.07) is 3.84. The highest BCUT2D eigenvalue weighted by molar-refractivity contribution is 5.99. The molecule has 1 heterocycles. The van der Waals surface area contributed by atoms with Crippen molar-refractivity contribution in [3.05, 3.63) is 33.9 Å². The smallest absolute Gasteiger partial charge is 0.270 e. The number of nitrogens with two attached hydrogens (primary N) is 1. The lowest BCUT2D eigenvalue weighted by Crippen LogP contribution is -2.32. The standard InChI is InChI=1S/C13H17N3O4/c1-8-9(4-5-20-8)7-15-13(17)11-6-10(16(18)19)2-3-12(11)14/h2-3,6,8-9H,4-5,7,14H2,1H3,(H,15,17). The minimum Gasteiger partial charge on any atom is -0.398 e. The fraction of sp³-hybridized carbons (Fsp3) is 0.462. The lowest BCUT2D eigenvalue weighted by molar-refractivity contribution is -0.384. The molecule has 0 radical (unpaired) electrons. The highest BCUT2D eigenvalue weighted by Crippen LogP contribution is 2.21. The number of nitro groups is 1. The van der Waals surface area contributed by atoms with Gasteiger partial charge in [0.15, 0.2) is 0 Å². The lowest BCUT2D eigenvalue weighted by atomic mass is 10.0. The highest BCUT2D eigenvalue weighted by Gasteiger charge is 2.25. The zero-order valence-electron chi connectivity index (χ0n) is 11.2. The SMILES string of the molecule is CC1OCCC1CNC(=O)c1cc([N+](=O)[O-])ccc1N. The van der Waals surface area contributed by atoms with Gasteiger partial charge in [0.25, 0.3) is 11.6 Å². The third-order valence-electron chi connectivity index (χ3n) is 3.55. The maximum Gasteiger partial charge on any atom is 0.270 e. The molecule has 0 spiro atoms. The summed E-state index contributed by atoms with van der Waals surface area (Å²) in [6.45, 7) is 3.13. The second-order valence-corrected chi connectivity index (χ2v) is 4.86. The van der Waals surface area contributed by atoms with Crippen LogP contribution >= 0.6 is 0 Å². The van der Waals surface area contributed by atoms with E-state index < -0.39 is 10.8 Å². The van der Waals surface area contributed by atoms with Crippen molar-refractivity contribution in [3.8, 4) is 0 Å². The number of anilines is 1. The molecule has 1 aliphatic rings. The molecule has 1 aromatic carbocycles. The predicted molar refractivity (Wildman–Crippen MR) is 73.4 cm³/mol. The summed E-state index contributed by atoms with van der Waals surface area (Å²) in [6.07, 6.45) is 1.00. The Bertz CT molecular complexity index is 532. The van der Waals surface area contributed by atoms with Crippen LogP contribution in [0.15, 0.2) is 18.2 Å². The van der Waals surface area contributed by atoms with Crippen molar-refractivity contribution in [1.29, 1.82) is 0 Å². The number of benzene rings is 1. The molecule has 2 rings (SSSR count). The van der Waals surface area contributed by atoms with E-state index in [1.807, 2.05) is 6.92 Å². The van der Waals surface area contributed by atoms with Crippen molar-refractivity contribution in [1.82, 2.24) is 5.32 Å². The summed E-state index contributed by atoms with van der Waals surface area (Å²) in [5.74, 6) is -0.135. The van der Waals surface area contributed by atoms with Crippen LogP contribution in [0.3, 0.4) is 0 Å². The number of carbonyl (C=O) groups excluding carboxylic acids is 1. The molecule has 20 heavy (non-hydrogen) atoms. The van der Waals surface area contributed by atoms with Crippen LogP contribution in [0.5, 0.6) is 0 Å². The van der Waals surface area contributed by atoms with Gasteiger partial charge in [0.05, 0.1) is 16.6 Å². The fourth-order valence-electron chi connectivity index (χ4n) is 2.22. The number of non-ortho nitro benzene ring substituents is 1. The van der Waals surface area contributed by atoms with Crippen LogP contribution in [-0.2, 0) is 4.74 Å². The first-order valence-corrected chi connectivity index (χ1v) is 6.42. The van der Waals surface area contributed by atoms with Gasteiger partial charge in [-0.15, -0.1) is 0 Å². The Hall–Kier alpha value is -2.15. The Morgan fingerprint density at radius 1 is 1.60 bits per heavy atom. The number of nitrogen functional groups attached to an aromatic ring is 1. The van der Waals surface area contributed by atoms with Crippen molar-refractivity contribution in [3.63, 3.8) is 0 Å². The van der Waals surface area contributed by atoms with E-state index in [0.29, 0.717) is 13.2 Å². The Morgan fingerprint density at radius 2 is 2.35 bits per heavy atom. The van der Waals surface area contributed by atoms with E-state index in [1.54, 1.807) is 0 Å². The minimum atomic E-state index is -0.552. The van der Waals surface area contributed by atoms with Crippen molar-refractivity contribution < 1.29 is 14.5 Å². The summed E-state index contributed by atoms with van der Waals surface area (Å²) in [7, 11) is 0. The van der Waals surface area contributed by atoms with Crippen molar-refractivity contribution in [2.45, 2.75) is 19.4 Å². The van der Waals surface area contributed by atoms with E-state index >= 15 is 0 Å². The summed E-state index contributed by atoms with van der Waals surface area (Å²) >= 11 is 0. The maximum absolute atomic E-state index is 12.0. The average Bonchev–Trinajstić information content (AvgIpc) is 2.81. The second kappa shape index (κ2) is 5.87. The number of amides is 1. The number of nitrogens with one attached hydrogen (secondary N) is 1. The van der Waals surface area contributed by atoms with Gasteiger partial charge in [-0.3, -0.25) is 14.9 Å². The van der Waals surface area contributed by atoms with E-state index in [0.717, 1.165) is 6.42 Å². The normalized spacial score (nSPS) is 21.6. The zero-order valence-corrected chi connectivity index (χ0v) is 11.2. The van der Waals surface area contributed by atoms with Crippen LogP contribution in [0.25, 0.3) is 0 Å². The van der Waals surface area contributed by atoms with E-state index in [-0.39, 0.29) is 29.0 Å². The molecule has 1 aliphatic heterocycles. The third-order valence-corrected chi connectivity index (χ3v) is 3.55. The molecule has 0 aromatic heterocycles. The zero-order chi connectivity index (χ0) is 14.7. The molecule has 108 valence electrons. The van der Waals surface area contributed by atoms with Gasteiger partial charge in [0, 0.05) is 36.9 Å². The molecule has 0 bridgehead atoms. The Labute approximate surface area is 116 Å². The van der Waals surface area contributed by atoms with Crippen LogP contribution in [0.1, 0.15) is 23.7 Å². The lowest BCUT2D eigenvalue weighted by Gasteiger charge is -2.15. The molecule has 0 saturated carbocycles. The third kappa shape index (κ3) is 3.05. The summed E-state index contributed by atoms with van der Waals surface area (Å²) in [5.41, 5.74) is 5.90. The minimum absolute atomic E-state index is 0.109. The molecular weight excluding hydrogens is 262 g/mol. The molecule has 3 N–H and O–H groups in total. The number of hydrogen-bond donors (Lipinski definition) is 2. The summed E-state index contributed by atoms with van der Waals surface area (Å²) in [4.78, 5) is 22.2. The van der Waals surface area contributed by atoms with Gasteiger partial charge in [0.2, 0.25) is 0 Å². The average molecular weight is 279 g/mol. The fourth-order valence-corrected chi connectivity index (χ4v) is 2.22.